The number of hydrogen-bond acceptors (Lipinski definition) is 4. The zero-order valence-electron chi connectivity index (χ0n) is 11.4. The molecule has 0 saturated heterocycles. The fourth-order valence-electron chi connectivity index (χ4n) is 1.71. The van der Waals surface area contributed by atoms with E-state index < -0.39 is 0 Å². The molecule has 3 N–H and O–H groups in total. The lowest BCUT2D eigenvalue weighted by atomic mass is 10.2. The van der Waals surface area contributed by atoms with Gasteiger partial charge in [-0.3, -0.25) is 9.59 Å². The predicted octanol–water partition coefficient (Wildman–Crippen LogP) is -0.232. The van der Waals surface area contributed by atoms with Gasteiger partial charge in [0.25, 0.3) is 5.56 Å². The topological polar surface area (TPSA) is 86.3 Å². The number of rotatable bonds is 7. The first-order valence-electron chi connectivity index (χ1n) is 6.25. The number of carbonyl (C=O) groups excluding carboxylic acids is 1. The number of nitrogens with one attached hydrogen (secondary N) is 1. The van der Waals surface area contributed by atoms with E-state index in [0.717, 1.165) is 12.1 Å². The highest BCUT2D eigenvalue weighted by atomic mass is 16.5. The molecular weight excluding hydrogens is 246 g/mol. The normalized spacial score (nSPS) is 10.5. The van der Waals surface area contributed by atoms with Gasteiger partial charge in [-0.15, -0.1) is 0 Å². The summed E-state index contributed by atoms with van der Waals surface area (Å²) in [5, 5.41) is 2.75. The van der Waals surface area contributed by atoms with Gasteiger partial charge in [0.05, 0.1) is 0 Å². The summed E-state index contributed by atoms with van der Waals surface area (Å²) in [6, 6.07) is 3.49. The van der Waals surface area contributed by atoms with E-state index in [0.29, 0.717) is 18.7 Å². The largest absolute Gasteiger partial charge is 0.385 e. The molecule has 0 radical (unpaired) electrons. The number of ether oxygens (including phenoxy) is 1. The summed E-state index contributed by atoms with van der Waals surface area (Å²) in [5.41, 5.74) is 6.54. The second kappa shape index (κ2) is 7.70. The minimum atomic E-state index is -0.199. The van der Waals surface area contributed by atoms with Crippen molar-refractivity contribution in [2.75, 3.05) is 20.3 Å². The molecule has 0 fully saturated rings. The highest BCUT2D eigenvalue weighted by Gasteiger charge is 2.09. The van der Waals surface area contributed by atoms with Crippen LogP contribution in [0.2, 0.25) is 0 Å². The second-order valence-corrected chi connectivity index (χ2v) is 4.29. The Morgan fingerprint density at radius 2 is 2.21 bits per heavy atom. The molecule has 1 rings (SSSR count). The molecule has 0 saturated carbocycles. The molecular formula is C13H21N3O3. The van der Waals surface area contributed by atoms with Gasteiger partial charge >= 0.3 is 0 Å². The molecule has 0 bridgehead atoms. The third-order valence-corrected chi connectivity index (χ3v) is 2.84. The number of pyridine rings is 1. The van der Waals surface area contributed by atoms with Gasteiger partial charge in [0.2, 0.25) is 5.91 Å². The van der Waals surface area contributed by atoms with Gasteiger partial charge in [-0.1, -0.05) is 6.07 Å². The molecule has 19 heavy (non-hydrogen) atoms. The molecule has 6 heteroatoms. The lowest BCUT2D eigenvalue weighted by Gasteiger charge is -2.11. The third kappa shape index (κ3) is 4.50. The minimum absolute atomic E-state index is 0.0193. The Bertz CT molecular complexity index is 483. The van der Waals surface area contributed by atoms with E-state index in [9.17, 15) is 9.59 Å². The standard InChI is InChI=1S/C13H21N3O3/c1-10-4-5-11(8-14)13(18)16(10)9-12(17)15-6-3-7-19-2/h4-5H,3,6-9,14H2,1-2H3,(H,15,17). The fraction of sp³-hybridized carbons (Fsp3) is 0.538. The van der Waals surface area contributed by atoms with Crippen molar-refractivity contribution in [3.8, 4) is 0 Å². The molecule has 0 aliphatic carbocycles. The van der Waals surface area contributed by atoms with Crippen LogP contribution in [-0.2, 0) is 22.6 Å². The molecule has 6 nitrogen and oxygen atoms in total. The molecule has 0 aromatic carbocycles. The number of amides is 1. The average molecular weight is 267 g/mol. The summed E-state index contributed by atoms with van der Waals surface area (Å²) in [6.07, 6.45) is 0.749. The van der Waals surface area contributed by atoms with Crippen LogP contribution in [0.25, 0.3) is 0 Å². The Balaban J connectivity index is 2.66. The first kappa shape index (κ1) is 15.4. The summed E-state index contributed by atoms with van der Waals surface area (Å²) in [4.78, 5) is 23.8. The molecule has 1 amide bonds. The van der Waals surface area contributed by atoms with E-state index in [1.807, 2.05) is 0 Å². The van der Waals surface area contributed by atoms with Crippen LogP contribution >= 0.6 is 0 Å². The number of nitrogens with zero attached hydrogens (tertiary/aromatic N) is 1. The summed E-state index contributed by atoms with van der Waals surface area (Å²) >= 11 is 0. The van der Waals surface area contributed by atoms with Crippen LogP contribution in [0.5, 0.6) is 0 Å². The molecule has 1 aromatic rings. The lowest BCUT2D eigenvalue weighted by molar-refractivity contribution is -0.121. The van der Waals surface area contributed by atoms with Crippen LogP contribution in [0.3, 0.4) is 0 Å². The quantitative estimate of drug-likeness (QED) is 0.668. The maximum Gasteiger partial charge on any atom is 0.255 e. The van der Waals surface area contributed by atoms with Crippen molar-refractivity contribution in [3.05, 3.63) is 33.7 Å². The first-order valence-corrected chi connectivity index (χ1v) is 6.25. The van der Waals surface area contributed by atoms with Gasteiger partial charge in [0.1, 0.15) is 6.54 Å². The molecule has 0 unspecified atom stereocenters. The van der Waals surface area contributed by atoms with Crippen molar-refractivity contribution >= 4 is 5.91 Å². The Morgan fingerprint density at radius 3 is 2.84 bits per heavy atom. The fourth-order valence-corrected chi connectivity index (χ4v) is 1.71. The van der Waals surface area contributed by atoms with Crippen LogP contribution in [0.1, 0.15) is 17.7 Å². The van der Waals surface area contributed by atoms with Crippen LogP contribution in [0.4, 0.5) is 0 Å². The Morgan fingerprint density at radius 1 is 1.47 bits per heavy atom. The van der Waals surface area contributed by atoms with Crippen LogP contribution in [-0.4, -0.2) is 30.7 Å². The molecule has 0 atom stereocenters. The van der Waals surface area contributed by atoms with E-state index in [1.54, 1.807) is 26.2 Å². The van der Waals surface area contributed by atoms with Gasteiger partial charge < -0.3 is 20.4 Å². The van der Waals surface area contributed by atoms with Crippen molar-refractivity contribution in [3.63, 3.8) is 0 Å². The number of aromatic nitrogens is 1. The van der Waals surface area contributed by atoms with Gasteiger partial charge in [-0.25, -0.2) is 0 Å². The monoisotopic (exact) mass is 267 g/mol. The van der Waals surface area contributed by atoms with Crippen LogP contribution in [0, 0.1) is 6.92 Å². The van der Waals surface area contributed by atoms with Crippen LogP contribution < -0.4 is 16.6 Å². The predicted molar refractivity (Wildman–Crippen MR) is 72.8 cm³/mol. The van der Waals surface area contributed by atoms with E-state index >= 15 is 0 Å². The molecule has 106 valence electrons. The first-order chi connectivity index (χ1) is 9.10. The average Bonchev–Trinajstić information content (AvgIpc) is 2.40. The summed E-state index contributed by atoms with van der Waals surface area (Å²) < 4.78 is 6.33. The maximum absolute atomic E-state index is 12.0. The van der Waals surface area contributed by atoms with Gasteiger partial charge in [0.15, 0.2) is 0 Å². The van der Waals surface area contributed by atoms with Crippen molar-refractivity contribution < 1.29 is 9.53 Å². The highest BCUT2D eigenvalue weighted by Crippen LogP contribution is 1.98. The van der Waals surface area contributed by atoms with Crippen molar-refractivity contribution in [1.29, 1.82) is 0 Å². The van der Waals surface area contributed by atoms with Gasteiger partial charge in [-0.2, -0.15) is 0 Å². The smallest absolute Gasteiger partial charge is 0.255 e. The van der Waals surface area contributed by atoms with E-state index in [-0.39, 0.29) is 24.6 Å². The van der Waals surface area contributed by atoms with Crippen molar-refractivity contribution in [1.82, 2.24) is 9.88 Å². The SMILES string of the molecule is COCCCNC(=O)Cn1c(C)ccc(CN)c1=O. The van der Waals surface area contributed by atoms with Crippen LogP contribution in [0.15, 0.2) is 16.9 Å². The second-order valence-electron chi connectivity index (χ2n) is 4.29. The number of hydrogen-bond donors (Lipinski definition) is 2. The molecule has 0 spiro atoms. The number of carbonyl (C=O) groups is 1. The zero-order valence-corrected chi connectivity index (χ0v) is 11.4. The number of methoxy groups -OCH3 is 1. The summed E-state index contributed by atoms with van der Waals surface area (Å²) in [7, 11) is 1.61. The van der Waals surface area contributed by atoms with E-state index in [2.05, 4.69) is 5.32 Å². The van der Waals surface area contributed by atoms with Crippen molar-refractivity contribution in [2.45, 2.75) is 26.4 Å². The molecule has 1 aromatic heterocycles. The van der Waals surface area contributed by atoms with E-state index in [4.69, 9.17) is 10.5 Å². The number of aryl methyl sites for hydroxylation is 1. The number of nitrogens with two attached hydrogens (primary N) is 1. The maximum atomic E-state index is 12.0. The lowest BCUT2D eigenvalue weighted by Crippen LogP contribution is -2.35. The Kier molecular flexibility index (Phi) is 6.24. The Labute approximate surface area is 112 Å². The molecule has 1 heterocycles. The Hall–Kier alpha value is -1.66. The summed E-state index contributed by atoms with van der Waals surface area (Å²) in [6.45, 7) is 3.12. The molecule has 0 aliphatic heterocycles. The van der Waals surface area contributed by atoms with Gasteiger partial charge in [-0.05, 0) is 19.4 Å². The highest BCUT2D eigenvalue weighted by molar-refractivity contribution is 5.75. The van der Waals surface area contributed by atoms with Crippen molar-refractivity contribution in [2.24, 2.45) is 5.73 Å². The van der Waals surface area contributed by atoms with E-state index in [1.165, 1.54) is 4.57 Å². The summed E-state index contributed by atoms with van der Waals surface area (Å²) in [5.74, 6) is -0.185. The zero-order chi connectivity index (χ0) is 14.3. The molecule has 0 aliphatic rings. The minimum Gasteiger partial charge on any atom is -0.385 e. The third-order valence-electron chi connectivity index (χ3n) is 2.84. The van der Waals surface area contributed by atoms with Gasteiger partial charge in [0, 0.05) is 38.1 Å².